The van der Waals surface area contributed by atoms with E-state index >= 15 is 0 Å². The van der Waals surface area contributed by atoms with Crippen LogP contribution in [0.5, 0.6) is 0 Å². The van der Waals surface area contributed by atoms with Gasteiger partial charge in [0, 0.05) is 0 Å². The van der Waals surface area contributed by atoms with Crippen molar-refractivity contribution >= 4 is 22.8 Å². The fourth-order valence-electron chi connectivity index (χ4n) is 4.88. The van der Waals surface area contributed by atoms with Crippen LogP contribution in [0.2, 0.25) is 0 Å². The minimum absolute atomic E-state index is 0.0454. The van der Waals surface area contributed by atoms with Gasteiger partial charge in [-0.3, -0.25) is 9.59 Å². The molecule has 0 bridgehead atoms. The number of aromatic nitrogens is 3. The quantitative estimate of drug-likeness (QED) is 0.815. The molecule has 1 saturated carbocycles. The average Bonchev–Trinajstić information content (AvgIpc) is 2.79. The van der Waals surface area contributed by atoms with Crippen molar-refractivity contribution in [3.63, 3.8) is 0 Å². The number of nitrogens with zero attached hydrogens (tertiary/aromatic N) is 4. The van der Waals surface area contributed by atoms with E-state index in [-0.39, 0.29) is 23.6 Å². The Bertz CT molecular complexity index is 998. The van der Waals surface area contributed by atoms with Crippen molar-refractivity contribution in [1.82, 2.24) is 25.2 Å². The van der Waals surface area contributed by atoms with Gasteiger partial charge in [0.25, 0.3) is 11.5 Å². The third-order valence-corrected chi connectivity index (χ3v) is 5.53. The standard InChI is InChI=1S/C19H23N5O3/c1-12-8-18(2,3)10-19(9-12)16(26)23(17(27)20-19)11-24-15(25)13-6-4-5-7-14(13)21-22-24/h4-7,12H,8-11H2,1-3H3,(H,20,27). The predicted octanol–water partition coefficient (Wildman–Crippen LogP) is 1.89. The Hall–Kier alpha value is -2.77. The molecule has 4 rings (SSSR count). The van der Waals surface area contributed by atoms with Gasteiger partial charge in [-0.15, -0.1) is 5.10 Å². The Morgan fingerprint density at radius 2 is 1.93 bits per heavy atom. The summed E-state index contributed by atoms with van der Waals surface area (Å²) in [5, 5.41) is 11.2. The second-order valence-corrected chi connectivity index (χ2v) is 8.65. The Labute approximate surface area is 156 Å². The number of imide groups is 1. The van der Waals surface area contributed by atoms with Crippen LogP contribution in [0.1, 0.15) is 40.0 Å². The van der Waals surface area contributed by atoms with E-state index < -0.39 is 11.6 Å². The van der Waals surface area contributed by atoms with Crippen molar-refractivity contribution in [2.45, 2.75) is 52.2 Å². The molecule has 2 aromatic rings. The first kappa shape index (κ1) is 17.6. The highest BCUT2D eigenvalue weighted by atomic mass is 16.2. The summed E-state index contributed by atoms with van der Waals surface area (Å²) in [5.41, 5.74) is -0.836. The number of carbonyl (C=O) groups excluding carboxylic acids is 2. The largest absolute Gasteiger partial charge is 0.326 e. The molecule has 2 atom stereocenters. The topological polar surface area (TPSA) is 97.2 Å². The molecule has 1 aliphatic heterocycles. The third-order valence-electron chi connectivity index (χ3n) is 5.53. The lowest BCUT2D eigenvalue weighted by Gasteiger charge is -2.43. The highest BCUT2D eigenvalue weighted by Gasteiger charge is 2.56. The summed E-state index contributed by atoms with van der Waals surface area (Å²) in [6.07, 6.45) is 2.20. The number of fused-ring (bicyclic) bond motifs is 1. The number of nitrogens with one attached hydrogen (secondary N) is 1. The molecular weight excluding hydrogens is 346 g/mol. The lowest BCUT2D eigenvalue weighted by atomic mass is 9.64. The molecule has 27 heavy (non-hydrogen) atoms. The Morgan fingerprint density at radius 1 is 1.19 bits per heavy atom. The summed E-state index contributed by atoms with van der Waals surface area (Å²) in [6, 6.07) is 6.38. The van der Waals surface area contributed by atoms with Crippen LogP contribution in [0, 0.1) is 11.3 Å². The molecule has 2 fully saturated rings. The van der Waals surface area contributed by atoms with Crippen molar-refractivity contribution < 1.29 is 9.59 Å². The van der Waals surface area contributed by atoms with Gasteiger partial charge in [0.2, 0.25) is 0 Å². The molecule has 0 radical (unpaired) electrons. The number of hydrogen-bond acceptors (Lipinski definition) is 5. The van der Waals surface area contributed by atoms with Crippen LogP contribution >= 0.6 is 0 Å². The molecule has 2 aliphatic rings. The Kier molecular flexibility index (Phi) is 3.83. The van der Waals surface area contributed by atoms with E-state index in [1.54, 1.807) is 24.3 Å². The molecule has 1 spiro atoms. The molecule has 1 N–H and O–H groups in total. The fourth-order valence-corrected chi connectivity index (χ4v) is 4.88. The van der Waals surface area contributed by atoms with Gasteiger partial charge in [-0.25, -0.2) is 9.69 Å². The minimum Gasteiger partial charge on any atom is -0.323 e. The first-order chi connectivity index (χ1) is 12.7. The van der Waals surface area contributed by atoms with E-state index in [0.717, 1.165) is 16.0 Å². The van der Waals surface area contributed by atoms with Crippen LogP contribution < -0.4 is 10.9 Å². The van der Waals surface area contributed by atoms with E-state index in [1.807, 2.05) is 0 Å². The zero-order chi connectivity index (χ0) is 19.4. The van der Waals surface area contributed by atoms with Gasteiger partial charge < -0.3 is 5.32 Å². The van der Waals surface area contributed by atoms with E-state index in [2.05, 4.69) is 36.4 Å². The number of amides is 3. The minimum atomic E-state index is -0.897. The number of urea groups is 1. The molecule has 1 aromatic heterocycles. The lowest BCUT2D eigenvalue weighted by Crippen LogP contribution is -2.54. The normalized spacial score (nSPS) is 27.4. The summed E-state index contributed by atoms with van der Waals surface area (Å²) < 4.78 is 1.07. The second kappa shape index (κ2) is 5.87. The molecule has 8 nitrogen and oxygen atoms in total. The van der Waals surface area contributed by atoms with Crippen molar-refractivity contribution in [1.29, 1.82) is 0 Å². The van der Waals surface area contributed by atoms with Crippen molar-refractivity contribution in [2.24, 2.45) is 11.3 Å². The zero-order valence-corrected chi connectivity index (χ0v) is 15.7. The maximum atomic E-state index is 13.2. The fraction of sp³-hybridized carbons (Fsp3) is 0.526. The molecule has 2 unspecified atom stereocenters. The van der Waals surface area contributed by atoms with Gasteiger partial charge in [-0.2, -0.15) is 4.68 Å². The highest BCUT2D eigenvalue weighted by Crippen LogP contribution is 2.46. The molecule has 8 heteroatoms. The van der Waals surface area contributed by atoms with E-state index in [0.29, 0.717) is 29.7 Å². The predicted molar refractivity (Wildman–Crippen MR) is 98.7 cm³/mol. The summed E-state index contributed by atoms with van der Waals surface area (Å²) in [5.74, 6) is 0.0371. The van der Waals surface area contributed by atoms with Gasteiger partial charge >= 0.3 is 6.03 Å². The van der Waals surface area contributed by atoms with Crippen molar-refractivity contribution in [3.05, 3.63) is 34.6 Å². The van der Waals surface area contributed by atoms with Gasteiger partial charge in [0.1, 0.15) is 17.7 Å². The average molecular weight is 369 g/mol. The first-order valence-electron chi connectivity index (χ1n) is 9.17. The van der Waals surface area contributed by atoms with Crippen LogP contribution in [0.15, 0.2) is 29.1 Å². The van der Waals surface area contributed by atoms with Crippen molar-refractivity contribution in [3.8, 4) is 0 Å². The monoisotopic (exact) mass is 369 g/mol. The van der Waals surface area contributed by atoms with Gasteiger partial charge in [0.15, 0.2) is 0 Å². The van der Waals surface area contributed by atoms with Crippen LogP contribution in [-0.2, 0) is 11.5 Å². The smallest absolute Gasteiger partial charge is 0.323 e. The molecule has 142 valence electrons. The third kappa shape index (κ3) is 2.89. The van der Waals surface area contributed by atoms with Crippen LogP contribution in [0.4, 0.5) is 4.79 Å². The number of rotatable bonds is 2. The molecular formula is C19H23N5O3. The summed E-state index contributed by atoms with van der Waals surface area (Å²) in [7, 11) is 0. The van der Waals surface area contributed by atoms with Crippen molar-refractivity contribution in [2.75, 3.05) is 0 Å². The van der Waals surface area contributed by atoms with Crippen LogP contribution in [0.25, 0.3) is 10.9 Å². The molecule has 1 aliphatic carbocycles. The van der Waals surface area contributed by atoms with Crippen LogP contribution in [0.3, 0.4) is 0 Å². The van der Waals surface area contributed by atoms with E-state index in [1.165, 1.54) is 0 Å². The number of carbonyl (C=O) groups is 2. The van der Waals surface area contributed by atoms with Gasteiger partial charge in [-0.1, -0.05) is 38.1 Å². The zero-order valence-electron chi connectivity index (χ0n) is 15.7. The number of benzene rings is 1. The molecule has 2 heterocycles. The first-order valence-corrected chi connectivity index (χ1v) is 9.17. The maximum absolute atomic E-state index is 13.2. The molecule has 1 saturated heterocycles. The van der Waals surface area contributed by atoms with Gasteiger partial charge in [0.05, 0.1) is 5.39 Å². The second-order valence-electron chi connectivity index (χ2n) is 8.65. The maximum Gasteiger partial charge on any atom is 0.326 e. The lowest BCUT2D eigenvalue weighted by molar-refractivity contribution is -0.136. The molecule has 3 amide bonds. The Balaban J connectivity index is 1.66. The summed E-state index contributed by atoms with van der Waals surface area (Å²) >= 11 is 0. The summed E-state index contributed by atoms with van der Waals surface area (Å²) in [4.78, 5) is 39.5. The van der Waals surface area contributed by atoms with E-state index in [9.17, 15) is 14.4 Å². The van der Waals surface area contributed by atoms with Gasteiger partial charge in [-0.05, 0) is 42.7 Å². The SMILES string of the molecule is CC1CC(C)(C)CC2(C1)NC(=O)N(Cn1nnc3ccccc3c1=O)C2=O. The Morgan fingerprint density at radius 3 is 2.67 bits per heavy atom. The highest BCUT2D eigenvalue weighted by molar-refractivity contribution is 6.06. The van der Waals surface area contributed by atoms with E-state index in [4.69, 9.17) is 0 Å². The van der Waals surface area contributed by atoms with Crippen LogP contribution in [-0.4, -0.2) is 37.4 Å². The summed E-state index contributed by atoms with van der Waals surface area (Å²) in [6.45, 7) is 6.10. The number of hydrogen-bond donors (Lipinski definition) is 1. The molecule has 1 aromatic carbocycles.